The minimum atomic E-state index is -3.69. The zero-order valence-corrected chi connectivity index (χ0v) is 19.0. The molecule has 2 atom stereocenters. The molecule has 0 aliphatic carbocycles. The Morgan fingerprint density at radius 2 is 1.64 bits per heavy atom. The van der Waals surface area contributed by atoms with Crippen molar-refractivity contribution in [2.75, 3.05) is 19.6 Å². The van der Waals surface area contributed by atoms with Crippen LogP contribution in [0.5, 0.6) is 0 Å². The molecule has 3 aromatic rings. The first kappa shape index (κ1) is 23.1. The van der Waals surface area contributed by atoms with Gasteiger partial charge in [0.25, 0.3) is 0 Å². The molecule has 172 valence electrons. The number of sulfonamides is 1. The molecule has 0 spiro atoms. The van der Waals surface area contributed by atoms with E-state index in [-0.39, 0.29) is 28.7 Å². The van der Waals surface area contributed by atoms with Gasteiger partial charge in [-0.05, 0) is 29.7 Å². The molecule has 3 N–H and O–H groups in total. The average Bonchev–Trinajstić information content (AvgIpc) is 2.86. The quantitative estimate of drug-likeness (QED) is 0.475. The van der Waals surface area contributed by atoms with E-state index in [4.69, 9.17) is 0 Å². The first-order valence-corrected chi connectivity index (χ1v) is 12.5. The van der Waals surface area contributed by atoms with Crippen molar-refractivity contribution >= 4 is 15.9 Å². The van der Waals surface area contributed by atoms with Crippen LogP contribution in [0.2, 0.25) is 0 Å². The minimum Gasteiger partial charge on any atom is -0.355 e. The summed E-state index contributed by atoms with van der Waals surface area (Å²) in [6.07, 6.45) is 3.27. The Morgan fingerprint density at radius 3 is 2.24 bits per heavy atom. The molecule has 2 heterocycles. The molecule has 7 nitrogen and oxygen atoms in total. The highest BCUT2D eigenvalue weighted by Gasteiger charge is 2.30. The number of carbonyl (C=O) groups is 1. The summed E-state index contributed by atoms with van der Waals surface area (Å²) in [5, 5.41) is 6.29. The molecule has 2 aromatic carbocycles. The fourth-order valence-electron chi connectivity index (χ4n) is 4.17. The SMILES string of the molecule is O=C(NCC(c1ccccc1)c1ccccc1)[C@@H]1CNC[C@@H](NS(=O)(=O)c2cccnc2)C1. The zero-order valence-electron chi connectivity index (χ0n) is 18.2. The lowest BCUT2D eigenvalue weighted by Crippen LogP contribution is -2.52. The first-order chi connectivity index (χ1) is 16.0. The lowest BCUT2D eigenvalue weighted by Gasteiger charge is -2.30. The number of amides is 1. The number of nitrogens with one attached hydrogen (secondary N) is 3. The molecular formula is C25H28N4O3S. The van der Waals surface area contributed by atoms with Crippen LogP contribution in [-0.2, 0) is 14.8 Å². The van der Waals surface area contributed by atoms with Gasteiger partial charge < -0.3 is 10.6 Å². The van der Waals surface area contributed by atoms with Crippen molar-refractivity contribution in [1.29, 1.82) is 0 Å². The van der Waals surface area contributed by atoms with Gasteiger partial charge in [-0.15, -0.1) is 0 Å². The lowest BCUT2D eigenvalue weighted by atomic mass is 9.90. The number of piperidine rings is 1. The van der Waals surface area contributed by atoms with E-state index in [2.05, 4.69) is 44.6 Å². The molecule has 0 bridgehead atoms. The predicted molar refractivity (Wildman–Crippen MR) is 127 cm³/mol. The molecule has 1 aromatic heterocycles. The second-order valence-corrected chi connectivity index (χ2v) is 9.93. The van der Waals surface area contributed by atoms with Crippen molar-refractivity contribution in [3.8, 4) is 0 Å². The molecule has 1 saturated heterocycles. The Labute approximate surface area is 194 Å². The fourth-order valence-corrected chi connectivity index (χ4v) is 5.38. The summed E-state index contributed by atoms with van der Waals surface area (Å²) in [5.74, 6) is -0.370. The average molecular weight is 465 g/mol. The number of carbonyl (C=O) groups excluding carboxylic acids is 1. The van der Waals surface area contributed by atoms with Crippen LogP contribution in [0.1, 0.15) is 23.5 Å². The molecule has 1 fully saturated rings. The molecule has 33 heavy (non-hydrogen) atoms. The van der Waals surface area contributed by atoms with Crippen molar-refractivity contribution < 1.29 is 13.2 Å². The monoisotopic (exact) mass is 464 g/mol. The maximum absolute atomic E-state index is 13.0. The maximum Gasteiger partial charge on any atom is 0.242 e. The topological polar surface area (TPSA) is 100 Å². The van der Waals surface area contributed by atoms with Gasteiger partial charge in [0.2, 0.25) is 15.9 Å². The Bertz CT molecular complexity index is 1100. The van der Waals surface area contributed by atoms with Crippen LogP contribution in [0.4, 0.5) is 0 Å². The van der Waals surface area contributed by atoms with Gasteiger partial charge in [-0.3, -0.25) is 9.78 Å². The number of benzene rings is 2. The Kier molecular flexibility index (Phi) is 7.49. The molecule has 1 amide bonds. The molecule has 1 aliphatic rings. The third-order valence-electron chi connectivity index (χ3n) is 5.87. The number of aromatic nitrogens is 1. The van der Waals surface area contributed by atoms with Crippen molar-refractivity contribution in [3.63, 3.8) is 0 Å². The highest BCUT2D eigenvalue weighted by atomic mass is 32.2. The summed E-state index contributed by atoms with van der Waals surface area (Å²) < 4.78 is 28.0. The summed E-state index contributed by atoms with van der Waals surface area (Å²) in [5.41, 5.74) is 2.26. The molecule has 8 heteroatoms. The van der Waals surface area contributed by atoms with E-state index in [9.17, 15) is 13.2 Å². The second-order valence-electron chi connectivity index (χ2n) is 8.22. The van der Waals surface area contributed by atoms with Gasteiger partial charge >= 0.3 is 0 Å². The number of rotatable bonds is 8. The Balaban J connectivity index is 1.39. The number of pyridine rings is 1. The zero-order chi connectivity index (χ0) is 23.1. The van der Waals surface area contributed by atoms with Gasteiger partial charge in [-0.2, -0.15) is 0 Å². The number of hydrogen-bond donors (Lipinski definition) is 3. The predicted octanol–water partition coefficient (Wildman–Crippen LogP) is 2.29. The molecule has 0 saturated carbocycles. The third-order valence-corrected chi connectivity index (χ3v) is 7.38. The van der Waals surface area contributed by atoms with Gasteiger partial charge in [0.1, 0.15) is 4.90 Å². The molecular weight excluding hydrogens is 436 g/mol. The van der Waals surface area contributed by atoms with Crippen molar-refractivity contribution in [2.24, 2.45) is 5.92 Å². The van der Waals surface area contributed by atoms with Crippen LogP contribution in [0.3, 0.4) is 0 Å². The van der Waals surface area contributed by atoms with Crippen molar-refractivity contribution in [2.45, 2.75) is 23.3 Å². The lowest BCUT2D eigenvalue weighted by molar-refractivity contribution is -0.125. The smallest absolute Gasteiger partial charge is 0.242 e. The largest absolute Gasteiger partial charge is 0.355 e. The summed E-state index contributed by atoms with van der Waals surface area (Å²) in [6, 6.07) is 22.9. The van der Waals surface area contributed by atoms with E-state index in [1.54, 1.807) is 6.07 Å². The summed E-state index contributed by atoms with van der Waals surface area (Å²) in [4.78, 5) is 17.0. The van der Waals surface area contributed by atoms with E-state index in [1.165, 1.54) is 18.5 Å². The maximum atomic E-state index is 13.0. The second kappa shape index (κ2) is 10.7. The highest BCUT2D eigenvalue weighted by molar-refractivity contribution is 7.89. The Morgan fingerprint density at radius 1 is 0.970 bits per heavy atom. The van der Waals surface area contributed by atoms with Crippen LogP contribution >= 0.6 is 0 Å². The van der Waals surface area contributed by atoms with E-state index in [0.717, 1.165) is 11.1 Å². The summed E-state index contributed by atoms with van der Waals surface area (Å²) in [7, 11) is -3.69. The van der Waals surface area contributed by atoms with Gasteiger partial charge in [-0.25, -0.2) is 13.1 Å². The van der Waals surface area contributed by atoms with Crippen LogP contribution in [-0.4, -0.2) is 45.0 Å². The third kappa shape index (κ3) is 6.04. The first-order valence-electron chi connectivity index (χ1n) is 11.0. The van der Waals surface area contributed by atoms with Crippen LogP contribution in [0.15, 0.2) is 90.1 Å². The van der Waals surface area contributed by atoms with Crippen LogP contribution in [0, 0.1) is 5.92 Å². The van der Waals surface area contributed by atoms with Crippen LogP contribution in [0.25, 0.3) is 0 Å². The molecule has 0 unspecified atom stereocenters. The number of nitrogens with zero attached hydrogens (tertiary/aromatic N) is 1. The molecule has 1 aliphatic heterocycles. The minimum absolute atomic E-state index is 0.0350. The van der Waals surface area contributed by atoms with Gasteiger partial charge in [0.15, 0.2) is 0 Å². The van der Waals surface area contributed by atoms with Crippen molar-refractivity contribution in [1.82, 2.24) is 20.3 Å². The number of hydrogen-bond acceptors (Lipinski definition) is 5. The standard InChI is InChI=1S/C25H28N4O3S/c30-25(28-18-24(19-8-3-1-4-9-19)20-10-5-2-6-11-20)21-14-22(16-27-15-21)29-33(31,32)23-12-7-13-26-17-23/h1-13,17,21-22,24,27,29H,14-16,18H2,(H,28,30)/t21-,22-/m0/s1. The normalized spacial score (nSPS) is 18.7. The van der Waals surface area contributed by atoms with Crippen molar-refractivity contribution in [3.05, 3.63) is 96.3 Å². The van der Waals surface area contributed by atoms with E-state index < -0.39 is 10.0 Å². The molecule has 4 rings (SSSR count). The molecule has 0 radical (unpaired) electrons. The van der Waals surface area contributed by atoms with Gasteiger partial charge in [0, 0.05) is 44.0 Å². The van der Waals surface area contributed by atoms with E-state index >= 15 is 0 Å². The summed E-state index contributed by atoms with van der Waals surface area (Å²) in [6.45, 7) is 1.45. The van der Waals surface area contributed by atoms with E-state index in [0.29, 0.717) is 26.1 Å². The highest BCUT2D eigenvalue weighted by Crippen LogP contribution is 2.24. The van der Waals surface area contributed by atoms with Crippen LogP contribution < -0.4 is 15.4 Å². The van der Waals surface area contributed by atoms with Gasteiger partial charge in [-0.1, -0.05) is 60.7 Å². The van der Waals surface area contributed by atoms with E-state index in [1.807, 2.05) is 36.4 Å². The van der Waals surface area contributed by atoms with Gasteiger partial charge in [0.05, 0.1) is 5.92 Å². The Hall–Kier alpha value is -3.07. The summed E-state index contributed by atoms with van der Waals surface area (Å²) >= 11 is 0. The fraction of sp³-hybridized carbons (Fsp3) is 0.280.